The quantitative estimate of drug-likeness (QED) is 0.672. The average molecular weight is 291 g/mol. The van der Waals surface area contributed by atoms with Gasteiger partial charge in [-0.05, 0) is 18.2 Å². The maximum absolute atomic E-state index is 12.1. The fourth-order valence-corrected chi connectivity index (χ4v) is 2.27. The monoisotopic (exact) mass is 291 g/mol. The summed E-state index contributed by atoms with van der Waals surface area (Å²) >= 11 is 1.15. The number of carbonyl (C=O) groups is 2. The van der Waals surface area contributed by atoms with Crippen LogP contribution in [0, 0.1) is 0 Å². The second-order valence-corrected chi connectivity index (χ2v) is 4.88. The van der Waals surface area contributed by atoms with Crippen LogP contribution in [0.3, 0.4) is 0 Å². The van der Waals surface area contributed by atoms with Gasteiger partial charge in [0, 0.05) is 18.3 Å². The second-order valence-electron chi connectivity index (χ2n) is 3.88. The van der Waals surface area contributed by atoms with Gasteiger partial charge in [0.05, 0.1) is 0 Å². The molecule has 7 nitrogen and oxygen atoms in total. The summed E-state index contributed by atoms with van der Waals surface area (Å²) in [5.41, 5.74) is 11.6. The number of aromatic nitrogens is 1. The number of hydrogen-bond donors (Lipinski definition) is 4. The van der Waals surface area contributed by atoms with E-state index in [0.717, 1.165) is 11.3 Å². The van der Waals surface area contributed by atoms with Gasteiger partial charge in [-0.2, -0.15) is 0 Å². The smallest absolute Gasteiger partial charge is 0.269 e. The van der Waals surface area contributed by atoms with Crippen molar-refractivity contribution in [3.63, 3.8) is 0 Å². The Bertz CT molecular complexity index is 668. The summed E-state index contributed by atoms with van der Waals surface area (Å²) in [6.07, 6.45) is 0. The predicted octanol–water partition coefficient (Wildman–Crippen LogP) is 1.12. The molecule has 2 amide bonds. The molecule has 1 aromatic carbocycles. The zero-order chi connectivity index (χ0) is 14.7. The molecule has 0 radical (unpaired) electrons. The number of nitrogens with two attached hydrogens (primary N) is 2. The van der Waals surface area contributed by atoms with Crippen molar-refractivity contribution < 1.29 is 9.59 Å². The largest absolute Gasteiger partial charge is 0.382 e. The third-order valence-corrected chi connectivity index (χ3v) is 3.57. The number of primary amides is 1. The van der Waals surface area contributed by atoms with Crippen LogP contribution in [0.1, 0.15) is 20.0 Å². The standard InChI is InChI=1S/C12H13N5O2S/c1-15-12-17-9(13)8(20-12)11(19)16-7-4-2-3-6(5-7)10(14)18/h2-5H,13H2,1H3,(H2,14,18)(H,15,17)(H,16,19). The SMILES string of the molecule is CNc1nc(N)c(C(=O)Nc2cccc(C(N)=O)c2)s1. The first-order valence-corrected chi connectivity index (χ1v) is 6.48. The molecule has 0 spiro atoms. The van der Waals surface area contributed by atoms with Crippen LogP contribution < -0.4 is 22.1 Å². The number of nitrogens with zero attached hydrogens (tertiary/aromatic N) is 1. The van der Waals surface area contributed by atoms with Crippen molar-refractivity contribution in [3.05, 3.63) is 34.7 Å². The van der Waals surface area contributed by atoms with Gasteiger partial charge in [0.15, 0.2) is 5.13 Å². The fourth-order valence-electron chi connectivity index (χ4n) is 1.54. The van der Waals surface area contributed by atoms with Crippen LogP contribution in [0.4, 0.5) is 16.6 Å². The van der Waals surface area contributed by atoms with Gasteiger partial charge in [-0.1, -0.05) is 17.4 Å². The third-order valence-electron chi connectivity index (χ3n) is 2.48. The summed E-state index contributed by atoms with van der Waals surface area (Å²) in [4.78, 5) is 27.5. The van der Waals surface area contributed by atoms with Crippen molar-refractivity contribution >= 4 is 39.8 Å². The Balaban J connectivity index is 2.21. The Morgan fingerprint density at radius 2 is 2.10 bits per heavy atom. The van der Waals surface area contributed by atoms with Crippen LogP contribution in [0.25, 0.3) is 0 Å². The Kier molecular flexibility index (Phi) is 3.85. The van der Waals surface area contributed by atoms with E-state index in [1.807, 2.05) is 0 Å². The molecule has 0 fully saturated rings. The first-order chi connectivity index (χ1) is 9.51. The Morgan fingerprint density at radius 3 is 2.70 bits per heavy atom. The molecule has 2 aromatic rings. The van der Waals surface area contributed by atoms with E-state index >= 15 is 0 Å². The van der Waals surface area contributed by atoms with Crippen LogP contribution in [0.15, 0.2) is 24.3 Å². The summed E-state index contributed by atoms with van der Waals surface area (Å²) < 4.78 is 0. The summed E-state index contributed by atoms with van der Waals surface area (Å²) in [5.74, 6) is -0.790. The molecule has 1 aromatic heterocycles. The molecule has 0 atom stereocenters. The molecular weight excluding hydrogens is 278 g/mol. The van der Waals surface area contributed by atoms with Gasteiger partial charge in [-0.3, -0.25) is 9.59 Å². The molecule has 8 heteroatoms. The van der Waals surface area contributed by atoms with E-state index in [-0.39, 0.29) is 11.7 Å². The Labute approximate surface area is 119 Å². The van der Waals surface area contributed by atoms with Crippen molar-refractivity contribution in [1.82, 2.24) is 4.98 Å². The Hall–Kier alpha value is -2.61. The molecule has 0 unspecified atom stereocenters. The molecule has 0 aliphatic carbocycles. The van der Waals surface area contributed by atoms with E-state index in [9.17, 15) is 9.59 Å². The lowest BCUT2D eigenvalue weighted by atomic mass is 10.2. The minimum Gasteiger partial charge on any atom is -0.382 e. The van der Waals surface area contributed by atoms with Crippen LogP contribution in [0.5, 0.6) is 0 Å². The van der Waals surface area contributed by atoms with Crippen molar-refractivity contribution in [2.45, 2.75) is 0 Å². The highest BCUT2D eigenvalue weighted by Gasteiger charge is 2.16. The first kappa shape index (κ1) is 13.8. The maximum atomic E-state index is 12.1. The number of rotatable bonds is 4. The van der Waals surface area contributed by atoms with E-state index in [0.29, 0.717) is 21.3 Å². The van der Waals surface area contributed by atoms with Gasteiger partial charge in [0.25, 0.3) is 5.91 Å². The lowest BCUT2D eigenvalue weighted by Gasteiger charge is -2.05. The van der Waals surface area contributed by atoms with Crippen LogP contribution in [-0.2, 0) is 0 Å². The number of thiazole rings is 1. The second kappa shape index (κ2) is 5.57. The van der Waals surface area contributed by atoms with E-state index in [1.165, 1.54) is 6.07 Å². The van der Waals surface area contributed by atoms with Gasteiger partial charge in [0.1, 0.15) is 10.7 Å². The Morgan fingerprint density at radius 1 is 1.35 bits per heavy atom. The number of nitrogens with one attached hydrogen (secondary N) is 2. The normalized spacial score (nSPS) is 10.1. The predicted molar refractivity (Wildman–Crippen MR) is 79.0 cm³/mol. The number of benzene rings is 1. The zero-order valence-corrected chi connectivity index (χ0v) is 11.5. The zero-order valence-electron chi connectivity index (χ0n) is 10.6. The van der Waals surface area contributed by atoms with Gasteiger partial charge in [-0.15, -0.1) is 0 Å². The molecule has 0 saturated heterocycles. The van der Waals surface area contributed by atoms with Crippen molar-refractivity contribution in [3.8, 4) is 0 Å². The molecule has 104 valence electrons. The highest BCUT2D eigenvalue weighted by molar-refractivity contribution is 7.18. The van der Waals surface area contributed by atoms with E-state index in [4.69, 9.17) is 11.5 Å². The minimum atomic E-state index is -0.559. The number of nitrogen functional groups attached to an aromatic ring is 1. The first-order valence-electron chi connectivity index (χ1n) is 5.66. The topological polar surface area (TPSA) is 123 Å². The molecule has 0 aliphatic heterocycles. The van der Waals surface area contributed by atoms with Gasteiger partial charge in [0.2, 0.25) is 5.91 Å². The van der Waals surface area contributed by atoms with Crippen LogP contribution in [0.2, 0.25) is 0 Å². The average Bonchev–Trinajstić information content (AvgIpc) is 2.80. The summed E-state index contributed by atoms with van der Waals surface area (Å²) in [5, 5.41) is 6.02. The van der Waals surface area contributed by atoms with Gasteiger partial charge < -0.3 is 22.1 Å². The van der Waals surface area contributed by atoms with Crippen LogP contribution in [-0.4, -0.2) is 23.8 Å². The third kappa shape index (κ3) is 2.86. The lowest BCUT2D eigenvalue weighted by Crippen LogP contribution is -2.14. The van der Waals surface area contributed by atoms with Crippen molar-refractivity contribution in [1.29, 1.82) is 0 Å². The summed E-state index contributed by atoms with van der Waals surface area (Å²) in [6.45, 7) is 0. The van der Waals surface area contributed by atoms with E-state index < -0.39 is 5.91 Å². The molecule has 0 bridgehead atoms. The molecule has 2 rings (SSSR count). The number of carbonyl (C=O) groups excluding carboxylic acids is 2. The fraction of sp³-hybridized carbons (Fsp3) is 0.0833. The van der Waals surface area contributed by atoms with Crippen molar-refractivity contribution in [2.24, 2.45) is 5.73 Å². The van der Waals surface area contributed by atoms with Crippen molar-refractivity contribution in [2.75, 3.05) is 23.4 Å². The highest BCUT2D eigenvalue weighted by atomic mass is 32.1. The van der Waals surface area contributed by atoms with E-state index in [1.54, 1.807) is 25.2 Å². The molecule has 20 heavy (non-hydrogen) atoms. The molecule has 0 saturated carbocycles. The highest BCUT2D eigenvalue weighted by Crippen LogP contribution is 2.25. The van der Waals surface area contributed by atoms with E-state index in [2.05, 4.69) is 15.6 Å². The summed E-state index contributed by atoms with van der Waals surface area (Å²) in [7, 11) is 1.69. The molecular formula is C12H13N5O2S. The number of hydrogen-bond acceptors (Lipinski definition) is 6. The number of anilines is 3. The lowest BCUT2D eigenvalue weighted by molar-refractivity contribution is 0.0996. The van der Waals surface area contributed by atoms with Gasteiger partial charge >= 0.3 is 0 Å². The van der Waals surface area contributed by atoms with Gasteiger partial charge in [-0.25, -0.2) is 4.98 Å². The summed E-state index contributed by atoms with van der Waals surface area (Å²) in [6, 6.07) is 6.35. The molecule has 0 aliphatic rings. The maximum Gasteiger partial charge on any atom is 0.269 e. The molecule has 6 N–H and O–H groups in total. The number of amides is 2. The van der Waals surface area contributed by atoms with Crippen LogP contribution >= 0.6 is 11.3 Å². The minimum absolute atomic E-state index is 0.155. The molecule has 1 heterocycles.